The molecule has 8 heteroatoms. The van der Waals surface area contributed by atoms with Crippen molar-refractivity contribution < 1.29 is 17.9 Å². The Labute approximate surface area is 188 Å². The number of nitrogens with zero attached hydrogens (tertiary/aromatic N) is 2. The van der Waals surface area contributed by atoms with Crippen LogP contribution in [0.5, 0.6) is 5.75 Å². The summed E-state index contributed by atoms with van der Waals surface area (Å²) in [4.78, 5) is 12.7. The number of aryl methyl sites for hydroxylation is 2. The summed E-state index contributed by atoms with van der Waals surface area (Å²) in [6, 6.07) is 20.7. The van der Waals surface area contributed by atoms with Crippen molar-refractivity contribution in [1.82, 2.24) is 5.43 Å². The molecule has 32 heavy (non-hydrogen) atoms. The Morgan fingerprint density at radius 2 is 1.72 bits per heavy atom. The monoisotopic (exact) mass is 451 g/mol. The Balaban J connectivity index is 1.85. The van der Waals surface area contributed by atoms with Crippen molar-refractivity contribution in [2.45, 2.75) is 18.7 Å². The van der Waals surface area contributed by atoms with Gasteiger partial charge in [0.05, 0.1) is 23.9 Å². The molecule has 7 nitrogen and oxygen atoms in total. The van der Waals surface area contributed by atoms with E-state index in [9.17, 15) is 13.2 Å². The van der Waals surface area contributed by atoms with Gasteiger partial charge in [0.15, 0.2) is 0 Å². The maximum absolute atomic E-state index is 13.4. The number of carbonyl (C=O) groups is 1. The second-order valence-electron chi connectivity index (χ2n) is 7.20. The van der Waals surface area contributed by atoms with Gasteiger partial charge in [0, 0.05) is 5.56 Å². The molecular formula is C24H25N3O4S. The molecule has 0 atom stereocenters. The first-order chi connectivity index (χ1) is 15.3. The van der Waals surface area contributed by atoms with E-state index < -0.39 is 22.5 Å². The Kier molecular flexibility index (Phi) is 7.27. The van der Waals surface area contributed by atoms with Gasteiger partial charge in [0.25, 0.3) is 15.9 Å². The Morgan fingerprint density at radius 1 is 1.00 bits per heavy atom. The minimum atomic E-state index is -3.97. The minimum absolute atomic E-state index is 0.106. The highest BCUT2D eigenvalue weighted by atomic mass is 32.2. The lowest BCUT2D eigenvalue weighted by molar-refractivity contribution is -0.119. The molecular weight excluding hydrogens is 426 g/mol. The van der Waals surface area contributed by atoms with Crippen LogP contribution in [0.25, 0.3) is 0 Å². The molecule has 0 radical (unpaired) electrons. The molecule has 0 unspecified atom stereocenters. The van der Waals surface area contributed by atoms with E-state index in [1.807, 2.05) is 32.0 Å². The molecule has 1 N–H and O–H groups in total. The number of ether oxygens (including phenoxy) is 1. The lowest BCUT2D eigenvalue weighted by atomic mass is 10.2. The maximum Gasteiger partial charge on any atom is 0.264 e. The van der Waals surface area contributed by atoms with Crippen LogP contribution < -0.4 is 14.5 Å². The lowest BCUT2D eigenvalue weighted by Crippen LogP contribution is -2.39. The molecule has 0 aromatic heterocycles. The fourth-order valence-corrected chi connectivity index (χ4v) is 4.46. The van der Waals surface area contributed by atoms with E-state index in [-0.39, 0.29) is 4.90 Å². The molecule has 0 fully saturated rings. The van der Waals surface area contributed by atoms with E-state index >= 15 is 0 Å². The van der Waals surface area contributed by atoms with E-state index in [2.05, 4.69) is 10.5 Å². The summed E-state index contributed by atoms with van der Waals surface area (Å²) in [5.41, 5.74) is 5.29. The number of carbonyl (C=O) groups excluding carboxylic acids is 1. The zero-order chi connectivity index (χ0) is 23.1. The summed E-state index contributed by atoms with van der Waals surface area (Å²) in [5.74, 6) is 0.0298. The standard InChI is InChI=1S/C24H25N3O4S/c1-18-11-13-22(14-12-18)32(29,30)27(21-9-6-7-19(2)15-21)17-24(28)26-25-16-20-8-4-5-10-23(20)31-3/h4-16H,17H2,1-3H3,(H,26,28)/b25-16-. The molecule has 0 heterocycles. The van der Waals surface area contributed by atoms with Crippen LogP contribution >= 0.6 is 0 Å². The van der Waals surface area contributed by atoms with Gasteiger partial charge in [-0.25, -0.2) is 13.8 Å². The van der Waals surface area contributed by atoms with E-state index in [0.717, 1.165) is 15.4 Å². The average molecular weight is 452 g/mol. The number of benzene rings is 3. The molecule has 3 rings (SSSR count). The smallest absolute Gasteiger partial charge is 0.264 e. The van der Waals surface area contributed by atoms with E-state index in [0.29, 0.717) is 17.0 Å². The summed E-state index contributed by atoms with van der Waals surface area (Å²) in [5, 5.41) is 3.95. The van der Waals surface area contributed by atoms with E-state index in [1.165, 1.54) is 18.3 Å². The number of hydrogen-bond donors (Lipinski definition) is 1. The predicted octanol–water partition coefficient (Wildman–Crippen LogP) is 3.66. The fourth-order valence-electron chi connectivity index (χ4n) is 3.05. The number of methoxy groups -OCH3 is 1. The molecule has 0 spiro atoms. The van der Waals surface area contributed by atoms with Crippen molar-refractivity contribution in [3.63, 3.8) is 0 Å². The Hall–Kier alpha value is -3.65. The van der Waals surface area contributed by atoms with Gasteiger partial charge in [-0.05, 0) is 55.8 Å². The zero-order valence-electron chi connectivity index (χ0n) is 18.1. The van der Waals surface area contributed by atoms with Gasteiger partial charge in [0.1, 0.15) is 12.3 Å². The molecule has 3 aromatic carbocycles. The summed E-state index contributed by atoms with van der Waals surface area (Å²) in [7, 11) is -2.43. The van der Waals surface area contributed by atoms with Crippen molar-refractivity contribution in [2.75, 3.05) is 18.0 Å². The third-order valence-corrected chi connectivity index (χ3v) is 6.51. The second-order valence-corrected chi connectivity index (χ2v) is 9.06. The van der Waals surface area contributed by atoms with Crippen LogP contribution in [0.2, 0.25) is 0 Å². The third kappa shape index (κ3) is 5.53. The molecule has 0 aliphatic heterocycles. The highest BCUT2D eigenvalue weighted by Crippen LogP contribution is 2.24. The topological polar surface area (TPSA) is 88.1 Å². The normalized spacial score (nSPS) is 11.3. The zero-order valence-corrected chi connectivity index (χ0v) is 19.0. The number of para-hydroxylation sites is 1. The largest absolute Gasteiger partial charge is 0.496 e. The van der Waals surface area contributed by atoms with Gasteiger partial charge in [-0.15, -0.1) is 0 Å². The van der Waals surface area contributed by atoms with Gasteiger partial charge >= 0.3 is 0 Å². The van der Waals surface area contributed by atoms with Gasteiger partial charge in [-0.2, -0.15) is 5.10 Å². The molecule has 1 amide bonds. The number of hydrogen-bond acceptors (Lipinski definition) is 5. The first kappa shape index (κ1) is 23.0. The molecule has 0 aliphatic rings. The van der Waals surface area contributed by atoms with Crippen LogP contribution in [0, 0.1) is 13.8 Å². The van der Waals surface area contributed by atoms with Crippen molar-refractivity contribution in [2.24, 2.45) is 5.10 Å². The summed E-state index contributed by atoms with van der Waals surface area (Å²) >= 11 is 0. The maximum atomic E-state index is 13.4. The van der Waals surface area contributed by atoms with Gasteiger partial charge in [-0.3, -0.25) is 9.10 Å². The molecule has 166 valence electrons. The fraction of sp³-hybridized carbons (Fsp3) is 0.167. The van der Waals surface area contributed by atoms with Gasteiger partial charge < -0.3 is 4.74 Å². The van der Waals surface area contributed by atoms with Crippen LogP contribution in [0.15, 0.2) is 82.8 Å². The van der Waals surface area contributed by atoms with Gasteiger partial charge in [-0.1, -0.05) is 42.0 Å². The van der Waals surface area contributed by atoms with Crippen LogP contribution in [0.1, 0.15) is 16.7 Å². The van der Waals surface area contributed by atoms with E-state index in [4.69, 9.17) is 4.74 Å². The summed E-state index contributed by atoms with van der Waals surface area (Å²) in [6.07, 6.45) is 1.45. The highest BCUT2D eigenvalue weighted by molar-refractivity contribution is 7.92. The number of amides is 1. The van der Waals surface area contributed by atoms with Crippen molar-refractivity contribution in [1.29, 1.82) is 0 Å². The average Bonchev–Trinajstić information content (AvgIpc) is 2.78. The van der Waals surface area contributed by atoms with Gasteiger partial charge in [0.2, 0.25) is 0 Å². The molecule has 0 aliphatic carbocycles. The summed E-state index contributed by atoms with van der Waals surface area (Å²) in [6.45, 7) is 3.31. The predicted molar refractivity (Wildman–Crippen MR) is 126 cm³/mol. The Bertz CT molecular complexity index is 1220. The first-order valence-electron chi connectivity index (χ1n) is 9.92. The third-order valence-electron chi connectivity index (χ3n) is 4.72. The van der Waals surface area contributed by atoms with Crippen molar-refractivity contribution in [3.05, 3.63) is 89.5 Å². The van der Waals surface area contributed by atoms with Crippen molar-refractivity contribution >= 4 is 27.8 Å². The number of anilines is 1. The highest BCUT2D eigenvalue weighted by Gasteiger charge is 2.27. The van der Waals surface area contributed by atoms with Crippen LogP contribution in [0.3, 0.4) is 0 Å². The number of rotatable bonds is 8. The van der Waals surface area contributed by atoms with Crippen LogP contribution in [0.4, 0.5) is 5.69 Å². The number of sulfonamides is 1. The molecule has 0 bridgehead atoms. The molecule has 0 saturated heterocycles. The quantitative estimate of drug-likeness (QED) is 0.418. The SMILES string of the molecule is COc1ccccc1/C=N\NC(=O)CN(c1cccc(C)c1)S(=O)(=O)c1ccc(C)cc1. The lowest BCUT2D eigenvalue weighted by Gasteiger charge is -2.24. The number of hydrazone groups is 1. The molecule has 0 saturated carbocycles. The second kappa shape index (κ2) is 10.1. The summed E-state index contributed by atoms with van der Waals surface area (Å²) < 4.78 is 33.1. The first-order valence-corrected chi connectivity index (χ1v) is 11.4. The van der Waals surface area contributed by atoms with E-state index in [1.54, 1.807) is 49.6 Å². The van der Waals surface area contributed by atoms with Crippen molar-refractivity contribution in [3.8, 4) is 5.75 Å². The minimum Gasteiger partial charge on any atom is -0.496 e. The van der Waals surface area contributed by atoms with Crippen LogP contribution in [-0.2, 0) is 14.8 Å². The molecule has 3 aromatic rings. The van der Waals surface area contributed by atoms with Crippen LogP contribution in [-0.4, -0.2) is 34.2 Å². The Morgan fingerprint density at radius 3 is 2.41 bits per heavy atom. The number of nitrogens with one attached hydrogen (secondary N) is 1.